The highest BCUT2D eigenvalue weighted by Crippen LogP contribution is 2.28. The van der Waals surface area contributed by atoms with Crippen molar-refractivity contribution in [2.75, 3.05) is 5.43 Å². The third-order valence-electron chi connectivity index (χ3n) is 3.77. The average Bonchev–Trinajstić information content (AvgIpc) is 2.94. The molecule has 1 saturated carbocycles. The molecule has 1 N–H and O–H groups in total. The van der Waals surface area contributed by atoms with Gasteiger partial charge in [-0.1, -0.05) is 6.92 Å². The molecule has 0 unspecified atom stereocenters. The van der Waals surface area contributed by atoms with Crippen molar-refractivity contribution in [2.45, 2.75) is 32.6 Å². The molecule has 0 saturated heterocycles. The quantitative estimate of drug-likeness (QED) is 0.802. The van der Waals surface area contributed by atoms with Crippen LogP contribution in [0.4, 0.5) is 13.9 Å². The lowest BCUT2D eigenvalue weighted by atomic mass is 9.89. The molecular weight excluding hydrogens is 304 g/mol. The fourth-order valence-corrected chi connectivity index (χ4v) is 3.29. The molecular formula is C16H17F2N3S. The van der Waals surface area contributed by atoms with Gasteiger partial charge in [-0.15, -0.1) is 11.3 Å². The molecule has 1 aromatic carbocycles. The lowest BCUT2D eigenvalue weighted by Gasteiger charge is -2.18. The van der Waals surface area contributed by atoms with Crippen LogP contribution in [0.25, 0.3) is 11.3 Å². The Morgan fingerprint density at radius 2 is 2.23 bits per heavy atom. The second-order valence-electron chi connectivity index (χ2n) is 5.65. The van der Waals surface area contributed by atoms with Gasteiger partial charge in [0.15, 0.2) is 0 Å². The molecule has 3 rings (SSSR count). The molecule has 6 heteroatoms. The van der Waals surface area contributed by atoms with Crippen LogP contribution in [0.3, 0.4) is 0 Å². The van der Waals surface area contributed by atoms with Gasteiger partial charge in [0.25, 0.3) is 0 Å². The Hall–Kier alpha value is -1.82. The second kappa shape index (κ2) is 6.52. The van der Waals surface area contributed by atoms with Crippen molar-refractivity contribution < 1.29 is 8.78 Å². The first kappa shape index (κ1) is 15.1. The van der Waals surface area contributed by atoms with Crippen molar-refractivity contribution in [3.05, 3.63) is 35.2 Å². The number of hydrogen-bond acceptors (Lipinski definition) is 4. The summed E-state index contributed by atoms with van der Waals surface area (Å²) in [6.07, 6.45) is 4.45. The molecule has 0 bridgehead atoms. The number of hydrazone groups is 1. The van der Waals surface area contributed by atoms with Crippen LogP contribution in [0.15, 0.2) is 28.7 Å². The fraction of sp³-hybridized carbons (Fsp3) is 0.375. The van der Waals surface area contributed by atoms with Crippen LogP contribution < -0.4 is 5.43 Å². The Morgan fingerprint density at radius 3 is 3.00 bits per heavy atom. The summed E-state index contributed by atoms with van der Waals surface area (Å²) in [4.78, 5) is 4.31. The lowest BCUT2D eigenvalue weighted by Crippen LogP contribution is -2.13. The number of aromatic nitrogens is 1. The molecule has 0 amide bonds. The van der Waals surface area contributed by atoms with Gasteiger partial charge in [0, 0.05) is 22.7 Å². The summed E-state index contributed by atoms with van der Waals surface area (Å²) in [6.45, 7) is 2.23. The van der Waals surface area contributed by atoms with Crippen LogP contribution in [0.1, 0.15) is 32.6 Å². The highest BCUT2D eigenvalue weighted by atomic mass is 32.1. The van der Waals surface area contributed by atoms with E-state index in [1.165, 1.54) is 36.3 Å². The van der Waals surface area contributed by atoms with Gasteiger partial charge in [-0.2, -0.15) is 5.10 Å². The van der Waals surface area contributed by atoms with Crippen molar-refractivity contribution in [2.24, 2.45) is 11.0 Å². The van der Waals surface area contributed by atoms with Gasteiger partial charge in [0.2, 0.25) is 5.13 Å². The minimum atomic E-state index is -0.607. The van der Waals surface area contributed by atoms with Crippen molar-refractivity contribution in [3.8, 4) is 11.3 Å². The molecule has 1 aliphatic rings. The van der Waals surface area contributed by atoms with Crippen LogP contribution in [0, 0.1) is 17.6 Å². The van der Waals surface area contributed by atoms with Crippen LogP contribution in [0.2, 0.25) is 0 Å². The maximum absolute atomic E-state index is 13.7. The fourth-order valence-electron chi connectivity index (χ4n) is 2.64. The van der Waals surface area contributed by atoms with E-state index in [0.29, 0.717) is 22.3 Å². The van der Waals surface area contributed by atoms with Crippen molar-refractivity contribution in [1.29, 1.82) is 0 Å². The topological polar surface area (TPSA) is 37.3 Å². The van der Waals surface area contributed by atoms with Crippen LogP contribution in [-0.4, -0.2) is 10.7 Å². The third-order valence-corrected chi connectivity index (χ3v) is 4.51. The van der Waals surface area contributed by atoms with E-state index in [-0.39, 0.29) is 0 Å². The molecule has 1 aromatic heterocycles. The number of hydrogen-bond donors (Lipinski definition) is 1. The van der Waals surface area contributed by atoms with Crippen LogP contribution in [-0.2, 0) is 0 Å². The SMILES string of the molecule is C[C@H]1CCC/C(=N/Nc2nc(-c3ccc(F)cc3F)cs2)C1. The Morgan fingerprint density at radius 1 is 1.36 bits per heavy atom. The van der Waals surface area contributed by atoms with Crippen molar-refractivity contribution in [3.63, 3.8) is 0 Å². The highest BCUT2D eigenvalue weighted by Gasteiger charge is 2.14. The van der Waals surface area contributed by atoms with Crippen LogP contribution >= 0.6 is 11.3 Å². The first-order chi connectivity index (χ1) is 10.6. The summed E-state index contributed by atoms with van der Waals surface area (Å²) in [5.74, 6) is -0.522. The summed E-state index contributed by atoms with van der Waals surface area (Å²) >= 11 is 1.36. The average molecular weight is 321 g/mol. The largest absolute Gasteiger partial charge is 0.253 e. The number of nitrogens with zero attached hydrogens (tertiary/aromatic N) is 2. The van der Waals surface area contributed by atoms with Gasteiger partial charge in [0.1, 0.15) is 11.6 Å². The number of rotatable bonds is 3. The Kier molecular flexibility index (Phi) is 4.47. The van der Waals surface area contributed by atoms with Crippen molar-refractivity contribution in [1.82, 2.24) is 4.98 Å². The number of halogens is 2. The van der Waals surface area contributed by atoms with Gasteiger partial charge in [-0.3, -0.25) is 5.43 Å². The Balaban J connectivity index is 1.72. The molecule has 116 valence electrons. The molecule has 1 atom stereocenters. The Bertz CT molecular complexity index is 696. The number of thiazole rings is 1. The second-order valence-corrected chi connectivity index (χ2v) is 6.51. The lowest BCUT2D eigenvalue weighted by molar-refractivity contribution is 0.500. The molecule has 1 aliphatic carbocycles. The molecule has 0 spiro atoms. The zero-order valence-corrected chi connectivity index (χ0v) is 13.1. The summed E-state index contributed by atoms with van der Waals surface area (Å²) in [5.41, 5.74) is 4.89. The smallest absolute Gasteiger partial charge is 0.203 e. The number of anilines is 1. The van der Waals surface area contributed by atoms with Crippen LogP contribution in [0.5, 0.6) is 0 Å². The molecule has 3 nitrogen and oxygen atoms in total. The minimum Gasteiger partial charge on any atom is -0.253 e. The van der Waals surface area contributed by atoms with E-state index < -0.39 is 11.6 Å². The van der Waals surface area contributed by atoms with Crippen molar-refractivity contribution >= 4 is 22.2 Å². The summed E-state index contributed by atoms with van der Waals surface area (Å²) < 4.78 is 26.7. The van der Waals surface area contributed by atoms with E-state index in [9.17, 15) is 8.78 Å². The standard InChI is InChI=1S/C16H17F2N3S/c1-10-3-2-4-12(7-10)20-21-16-19-15(9-22-16)13-6-5-11(17)8-14(13)18/h5-6,8-10H,2-4,7H2,1H3,(H,19,21)/b20-12-/t10-/m0/s1. The molecule has 1 heterocycles. The van der Waals surface area contributed by atoms with E-state index in [0.717, 1.165) is 24.6 Å². The van der Waals surface area contributed by atoms with Gasteiger partial charge in [-0.25, -0.2) is 13.8 Å². The van der Waals surface area contributed by atoms with Gasteiger partial charge < -0.3 is 0 Å². The summed E-state index contributed by atoms with van der Waals surface area (Å²) in [5, 5.41) is 6.76. The molecule has 0 aliphatic heterocycles. The first-order valence-corrected chi connectivity index (χ1v) is 8.22. The normalized spacial score (nSPS) is 20.3. The zero-order valence-electron chi connectivity index (χ0n) is 12.3. The summed E-state index contributed by atoms with van der Waals surface area (Å²) in [6, 6.07) is 3.50. The molecule has 2 aromatic rings. The summed E-state index contributed by atoms with van der Waals surface area (Å²) in [7, 11) is 0. The predicted octanol–water partition coefficient (Wildman–Crippen LogP) is 5.07. The first-order valence-electron chi connectivity index (χ1n) is 7.34. The van der Waals surface area contributed by atoms with Gasteiger partial charge in [-0.05, 0) is 43.7 Å². The third kappa shape index (κ3) is 3.50. The predicted molar refractivity (Wildman–Crippen MR) is 86.2 cm³/mol. The number of benzene rings is 1. The molecule has 0 radical (unpaired) electrons. The minimum absolute atomic E-state index is 0.296. The van der Waals surface area contributed by atoms with E-state index in [2.05, 4.69) is 22.4 Å². The highest BCUT2D eigenvalue weighted by molar-refractivity contribution is 7.14. The maximum atomic E-state index is 13.7. The van der Waals surface area contributed by atoms with E-state index in [1.807, 2.05) is 0 Å². The van der Waals surface area contributed by atoms with E-state index in [4.69, 9.17) is 0 Å². The van der Waals surface area contributed by atoms with E-state index >= 15 is 0 Å². The van der Waals surface area contributed by atoms with E-state index in [1.54, 1.807) is 5.38 Å². The monoisotopic (exact) mass is 321 g/mol. The molecule has 22 heavy (non-hydrogen) atoms. The zero-order chi connectivity index (χ0) is 15.5. The molecule has 1 fully saturated rings. The van der Waals surface area contributed by atoms with Gasteiger partial charge >= 0.3 is 0 Å². The maximum Gasteiger partial charge on any atom is 0.203 e. The number of nitrogens with one attached hydrogen (secondary N) is 1. The van der Waals surface area contributed by atoms with Gasteiger partial charge in [0.05, 0.1) is 5.69 Å². The Labute approximate surface area is 132 Å².